The molecule has 3 aromatic rings. The maximum absolute atomic E-state index is 13.5. The van der Waals surface area contributed by atoms with Gasteiger partial charge in [0.2, 0.25) is 17.7 Å². The van der Waals surface area contributed by atoms with E-state index < -0.39 is 47.9 Å². The van der Waals surface area contributed by atoms with Crippen molar-refractivity contribution in [1.29, 1.82) is 0 Å². The molecular formula is C30H39N7O6. The fourth-order valence-electron chi connectivity index (χ4n) is 4.44. The third kappa shape index (κ3) is 10.9. The number of nitrogens with one attached hydrogen (secondary N) is 4. The molecule has 43 heavy (non-hydrogen) atoms. The topological polar surface area (TPSA) is 226 Å². The lowest BCUT2D eigenvalue weighted by molar-refractivity contribution is -0.142. The third-order valence-electron chi connectivity index (χ3n) is 6.82. The molecule has 3 rings (SSSR count). The largest absolute Gasteiger partial charge is 0.508 e. The first-order chi connectivity index (χ1) is 20.7. The minimum Gasteiger partial charge on any atom is -0.508 e. The van der Waals surface area contributed by atoms with Crippen molar-refractivity contribution in [2.75, 3.05) is 6.54 Å². The summed E-state index contributed by atoms with van der Waals surface area (Å²) >= 11 is 0. The second-order valence-corrected chi connectivity index (χ2v) is 10.3. The molecule has 3 amide bonds. The van der Waals surface area contributed by atoms with Crippen molar-refractivity contribution in [2.24, 2.45) is 11.5 Å². The first-order valence-corrected chi connectivity index (χ1v) is 14.0. The lowest BCUT2D eigenvalue weighted by atomic mass is 10.0. The molecule has 2 aromatic carbocycles. The molecule has 4 atom stereocenters. The lowest BCUT2D eigenvalue weighted by Crippen LogP contribution is -2.58. The highest BCUT2D eigenvalue weighted by atomic mass is 16.4. The van der Waals surface area contributed by atoms with Gasteiger partial charge < -0.3 is 42.6 Å². The SMILES string of the molecule is NCCCCC(NC(=O)C(N)Cc1cnc[nH]1)C(=O)NC(Cc1ccccc1)C(=O)NC(Cc1ccc(O)cc1)C(=O)O. The summed E-state index contributed by atoms with van der Waals surface area (Å²) in [5, 5.41) is 27.3. The number of amides is 3. The van der Waals surface area contributed by atoms with Gasteiger partial charge in [-0.25, -0.2) is 9.78 Å². The number of H-pyrrole nitrogens is 1. The van der Waals surface area contributed by atoms with Gasteiger partial charge >= 0.3 is 5.97 Å². The zero-order valence-corrected chi connectivity index (χ0v) is 23.7. The van der Waals surface area contributed by atoms with Crippen molar-refractivity contribution in [3.63, 3.8) is 0 Å². The number of aromatic hydroxyl groups is 1. The Morgan fingerprint density at radius 1 is 0.791 bits per heavy atom. The number of unbranched alkanes of at least 4 members (excludes halogenated alkanes) is 1. The molecule has 0 bridgehead atoms. The Bertz CT molecular complexity index is 1320. The van der Waals surface area contributed by atoms with E-state index in [2.05, 4.69) is 25.9 Å². The number of carboxylic acids is 1. The van der Waals surface area contributed by atoms with E-state index in [0.29, 0.717) is 30.6 Å². The van der Waals surface area contributed by atoms with Gasteiger partial charge in [0.15, 0.2) is 0 Å². The van der Waals surface area contributed by atoms with Crippen LogP contribution in [-0.4, -0.2) is 74.6 Å². The van der Waals surface area contributed by atoms with Crippen molar-refractivity contribution in [2.45, 2.75) is 62.7 Å². The van der Waals surface area contributed by atoms with E-state index in [-0.39, 0.29) is 31.4 Å². The molecule has 0 aliphatic heterocycles. The van der Waals surface area contributed by atoms with Crippen LogP contribution in [0.25, 0.3) is 0 Å². The quantitative estimate of drug-likeness (QED) is 0.0995. The number of aromatic amines is 1. The van der Waals surface area contributed by atoms with Crippen LogP contribution >= 0.6 is 0 Å². The first-order valence-electron chi connectivity index (χ1n) is 14.0. The van der Waals surface area contributed by atoms with Gasteiger partial charge in [0.05, 0.1) is 12.4 Å². The number of aliphatic carboxylic acids is 1. The summed E-state index contributed by atoms with van der Waals surface area (Å²) in [6.07, 6.45) is 4.65. The molecule has 0 aliphatic carbocycles. The van der Waals surface area contributed by atoms with Crippen LogP contribution in [-0.2, 0) is 38.4 Å². The molecule has 4 unspecified atom stereocenters. The summed E-state index contributed by atoms with van der Waals surface area (Å²) in [5.41, 5.74) is 13.7. The van der Waals surface area contributed by atoms with E-state index in [1.807, 2.05) is 6.07 Å². The first kappa shape index (κ1) is 32.8. The van der Waals surface area contributed by atoms with E-state index in [0.717, 1.165) is 5.56 Å². The monoisotopic (exact) mass is 593 g/mol. The number of nitrogens with two attached hydrogens (primary N) is 2. The Labute approximate surface area is 249 Å². The number of carbonyl (C=O) groups excluding carboxylic acids is 3. The molecule has 13 heteroatoms. The number of phenols is 1. The number of phenolic OH excluding ortho intramolecular Hbond substituents is 1. The molecule has 0 saturated heterocycles. The van der Waals surface area contributed by atoms with Gasteiger partial charge in [-0.15, -0.1) is 0 Å². The summed E-state index contributed by atoms with van der Waals surface area (Å²) < 4.78 is 0. The van der Waals surface area contributed by atoms with Gasteiger partial charge in [-0.3, -0.25) is 14.4 Å². The second-order valence-electron chi connectivity index (χ2n) is 10.3. The van der Waals surface area contributed by atoms with Crippen molar-refractivity contribution < 1.29 is 29.4 Å². The van der Waals surface area contributed by atoms with Crippen LogP contribution in [0.1, 0.15) is 36.1 Å². The fraction of sp³-hybridized carbons (Fsp3) is 0.367. The zero-order chi connectivity index (χ0) is 31.2. The van der Waals surface area contributed by atoms with E-state index >= 15 is 0 Å². The van der Waals surface area contributed by atoms with Gasteiger partial charge in [0, 0.05) is 31.2 Å². The van der Waals surface area contributed by atoms with Crippen LogP contribution in [0.15, 0.2) is 67.1 Å². The smallest absolute Gasteiger partial charge is 0.326 e. The predicted molar refractivity (Wildman–Crippen MR) is 159 cm³/mol. The molecule has 1 aromatic heterocycles. The lowest BCUT2D eigenvalue weighted by Gasteiger charge is -2.25. The highest BCUT2D eigenvalue weighted by Gasteiger charge is 2.30. The van der Waals surface area contributed by atoms with Crippen LogP contribution in [0.4, 0.5) is 0 Å². The Kier molecular flexibility index (Phi) is 12.7. The van der Waals surface area contributed by atoms with Crippen molar-refractivity contribution in [3.05, 3.63) is 83.9 Å². The molecule has 10 N–H and O–H groups in total. The number of carbonyl (C=O) groups is 4. The molecule has 13 nitrogen and oxygen atoms in total. The standard InChI is InChI=1S/C30H39N7O6/c31-13-5-4-8-24(35-27(39)23(32)16-21-17-33-18-34-21)28(40)36-25(14-19-6-2-1-3-7-19)29(41)37-26(30(42)43)15-20-9-11-22(38)12-10-20/h1-3,6-7,9-12,17-18,23-26,38H,4-5,8,13-16,31-32H2,(H,33,34)(H,35,39)(H,36,40)(H,37,41)(H,42,43). The van der Waals surface area contributed by atoms with E-state index in [1.165, 1.54) is 18.5 Å². The Hall–Kier alpha value is -4.75. The van der Waals surface area contributed by atoms with Gasteiger partial charge in [0.1, 0.15) is 23.9 Å². The number of carboxylic acid groups (broad SMARTS) is 1. The van der Waals surface area contributed by atoms with E-state index in [1.54, 1.807) is 42.6 Å². The van der Waals surface area contributed by atoms with Crippen molar-refractivity contribution >= 4 is 23.7 Å². The number of nitrogens with zero attached hydrogens (tertiary/aromatic N) is 1. The summed E-state index contributed by atoms with van der Waals surface area (Å²) in [6, 6.07) is 10.5. The number of benzene rings is 2. The molecule has 0 aliphatic rings. The maximum Gasteiger partial charge on any atom is 0.326 e. The van der Waals surface area contributed by atoms with E-state index in [4.69, 9.17) is 11.5 Å². The number of rotatable bonds is 17. The summed E-state index contributed by atoms with van der Waals surface area (Å²) in [7, 11) is 0. The average Bonchev–Trinajstić information content (AvgIpc) is 3.50. The normalized spacial score (nSPS) is 13.7. The number of hydrogen-bond donors (Lipinski definition) is 8. The highest BCUT2D eigenvalue weighted by Crippen LogP contribution is 2.12. The highest BCUT2D eigenvalue weighted by molar-refractivity contribution is 5.94. The maximum atomic E-state index is 13.5. The van der Waals surface area contributed by atoms with Gasteiger partial charge in [-0.05, 0) is 49.1 Å². The average molecular weight is 594 g/mol. The predicted octanol–water partition coefficient (Wildman–Crippen LogP) is 0.139. The summed E-state index contributed by atoms with van der Waals surface area (Å²) in [5.74, 6) is -3.09. The van der Waals surface area contributed by atoms with Crippen LogP contribution in [0.3, 0.4) is 0 Å². The number of imidazole rings is 1. The van der Waals surface area contributed by atoms with Gasteiger partial charge in [-0.1, -0.05) is 42.5 Å². The van der Waals surface area contributed by atoms with Crippen LogP contribution in [0, 0.1) is 0 Å². The molecule has 0 spiro atoms. The second kappa shape index (κ2) is 16.6. The van der Waals surface area contributed by atoms with Crippen LogP contribution < -0.4 is 27.4 Å². The Balaban J connectivity index is 1.76. The van der Waals surface area contributed by atoms with Gasteiger partial charge in [-0.2, -0.15) is 0 Å². The van der Waals surface area contributed by atoms with Crippen molar-refractivity contribution in [1.82, 2.24) is 25.9 Å². The Morgan fingerprint density at radius 2 is 1.40 bits per heavy atom. The molecule has 0 saturated carbocycles. The summed E-state index contributed by atoms with van der Waals surface area (Å²) in [6.45, 7) is 0.401. The number of hydrogen-bond acceptors (Lipinski definition) is 8. The summed E-state index contributed by atoms with van der Waals surface area (Å²) in [4.78, 5) is 58.7. The molecule has 230 valence electrons. The van der Waals surface area contributed by atoms with Crippen LogP contribution in [0.5, 0.6) is 5.75 Å². The van der Waals surface area contributed by atoms with Crippen LogP contribution in [0.2, 0.25) is 0 Å². The molecule has 0 radical (unpaired) electrons. The third-order valence-corrected chi connectivity index (χ3v) is 6.82. The minimum absolute atomic E-state index is 0.0284. The Morgan fingerprint density at radius 3 is 2.02 bits per heavy atom. The molecule has 0 fully saturated rings. The zero-order valence-electron chi connectivity index (χ0n) is 23.7. The minimum atomic E-state index is -1.30. The van der Waals surface area contributed by atoms with Crippen molar-refractivity contribution in [3.8, 4) is 5.75 Å². The molecular weight excluding hydrogens is 554 g/mol. The molecule has 1 heterocycles. The number of aromatic nitrogens is 2. The fourth-order valence-corrected chi connectivity index (χ4v) is 4.44. The van der Waals surface area contributed by atoms with E-state index in [9.17, 15) is 29.4 Å². The van der Waals surface area contributed by atoms with Gasteiger partial charge in [0.25, 0.3) is 0 Å².